The van der Waals surface area contributed by atoms with Crippen LogP contribution < -0.4 is 10.2 Å². The lowest BCUT2D eigenvalue weighted by atomic mass is 9.97. The molecule has 1 aliphatic rings. The van der Waals surface area contributed by atoms with Crippen molar-refractivity contribution >= 4 is 33.2 Å². The minimum atomic E-state index is -0.311. The highest BCUT2D eigenvalue weighted by Gasteiger charge is 2.31. The molecule has 1 aliphatic heterocycles. The van der Waals surface area contributed by atoms with Gasteiger partial charge in [0, 0.05) is 29.6 Å². The molecule has 0 amide bonds. The van der Waals surface area contributed by atoms with E-state index in [9.17, 15) is 4.39 Å². The summed E-state index contributed by atoms with van der Waals surface area (Å²) >= 11 is 9.76. The zero-order chi connectivity index (χ0) is 14.9. The van der Waals surface area contributed by atoms with Gasteiger partial charge >= 0.3 is 0 Å². The van der Waals surface area contributed by atoms with Crippen LogP contribution in [0.5, 0.6) is 0 Å². The Bertz CT molecular complexity index is 458. The minimum Gasteiger partial charge on any atom is -0.363 e. The van der Waals surface area contributed by atoms with E-state index < -0.39 is 0 Å². The maximum Gasteiger partial charge on any atom is 0.125 e. The molecule has 20 heavy (non-hydrogen) atoms. The lowest BCUT2D eigenvalue weighted by Gasteiger charge is -2.44. The van der Waals surface area contributed by atoms with Gasteiger partial charge in [0.15, 0.2) is 0 Å². The normalized spacial score (nSPS) is 23.4. The molecule has 0 spiro atoms. The third kappa shape index (κ3) is 3.29. The van der Waals surface area contributed by atoms with Gasteiger partial charge in [-0.05, 0) is 40.4 Å². The van der Waals surface area contributed by atoms with Crippen molar-refractivity contribution in [3.05, 3.63) is 27.4 Å². The molecule has 1 aromatic rings. The summed E-state index contributed by atoms with van der Waals surface area (Å²) < 4.78 is 14.2. The van der Waals surface area contributed by atoms with Crippen LogP contribution in [0.4, 0.5) is 10.1 Å². The molecular weight excluding hydrogens is 343 g/mol. The summed E-state index contributed by atoms with van der Waals surface area (Å²) in [4.78, 5) is 2.32. The molecule has 2 nitrogen and oxygen atoms in total. The Balaban J connectivity index is 2.40. The van der Waals surface area contributed by atoms with E-state index >= 15 is 0 Å². The molecule has 112 valence electrons. The van der Waals surface area contributed by atoms with Gasteiger partial charge in [0.25, 0.3) is 0 Å². The van der Waals surface area contributed by atoms with Crippen LogP contribution in [-0.2, 0) is 0 Å². The third-order valence-corrected chi connectivity index (χ3v) is 4.86. The van der Waals surface area contributed by atoms with Crippen molar-refractivity contribution in [2.45, 2.75) is 39.3 Å². The molecule has 0 aromatic heterocycles. The van der Waals surface area contributed by atoms with E-state index in [2.05, 4.69) is 46.9 Å². The predicted molar refractivity (Wildman–Crippen MR) is 87.2 cm³/mol. The van der Waals surface area contributed by atoms with E-state index in [1.807, 2.05) is 0 Å². The van der Waals surface area contributed by atoms with Crippen molar-refractivity contribution in [2.24, 2.45) is 5.92 Å². The number of halogens is 3. The van der Waals surface area contributed by atoms with Gasteiger partial charge in [-0.1, -0.05) is 32.4 Å². The summed E-state index contributed by atoms with van der Waals surface area (Å²) in [6.45, 7) is 8.40. The minimum absolute atomic E-state index is 0.311. The first-order valence-electron chi connectivity index (χ1n) is 7.08. The Morgan fingerprint density at radius 3 is 2.75 bits per heavy atom. The molecule has 0 radical (unpaired) electrons. The maximum atomic E-state index is 13.4. The van der Waals surface area contributed by atoms with E-state index in [-0.39, 0.29) is 5.82 Å². The largest absolute Gasteiger partial charge is 0.363 e. The molecule has 2 atom stereocenters. The van der Waals surface area contributed by atoms with E-state index in [1.165, 1.54) is 12.1 Å². The van der Waals surface area contributed by atoms with Crippen molar-refractivity contribution in [2.75, 3.05) is 18.0 Å². The fourth-order valence-electron chi connectivity index (χ4n) is 2.77. The average molecular weight is 364 g/mol. The van der Waals surface area contributed by atoms with Crippen LogP contribution in [0.3, 0.4) is 0 Å². The van der Waals surface area contributed by atoms with Gasteiger partial charge in [-0.25, -0.2) is 4.39 Å². The van der Waals surface area contributed by atoms with E-state index in [1.54, 1.807) is 0 Å². The smallest absolute Gasteiger partial charge is 0.125 e. The van der Waals surface area contributed by atoms with Crippen LogP contribution in [0.1, 0.15) is 27.2 Å². The molecule has 2 unspecified atom stereocenters. The molecule has 1 N–H and O–H groups in total. The maximum absolute atomic E-state index is 13.4. The molecule has 0 bridgehead atoms. The SMILES string of the molecule is CCC1CN(c2c(Cl)cc(F)cc2Br)C(C(C)C)CN1. The Hall–Kier alpha value is -0.320. The Morgan fingerprint density at radius 1 is 1.50 bits per heavy atom. The monoisotopic (exact) mass is 362 g/mol. The van der Waals surface area contributed by atoms with Crippen LogP contribution in [-0.4, -0.2) is 25.2 Å². The zero-order valence-electron chi connectivity index (χ0n) is 12.1. The first kappa shape index (κ1) is 16.1. The van der Waals surface area contributed by atoms with Crippen molar-refractivity contribution in [3.8, 4) is 0 Å². The number of rotatable bonds is 3. The van der Waals surface area contributed by atoms with Crippen molar-refractivity contribution in [1.29, 1.82) is 0 Å². The standard InChI is InChI=1S/C15H21BrClFN2/c1-4-11-8-20(14(7-19-11)9(2)3)15-12(16)5-10(18)6-13(15)17/h5-6,9,11,14,19H,4,7-8H2,1-3H3. The molecule has 1 heterocycles. The fraction of sp³-hybridized carbons (Fsp3) is 0.600. The topological polar surface area (TPSA) is 15.3 Å². The predicted octanol–water partition coefficient (Wildman–Crippen LogP) is 4.45. The highest BCUT2D eigenvalue weighted by atomic mass is 79.9. The van der Waals surface area contributed by atoms with Crippen molar-refractivity contribution in [3.63, 3.8) is 0 Å². The third-order valence-electron chi connectivity index (χ3n) is 3.96. The summed E-state index contributed by atoms with van der Waals surface area (Å²) in [5, 5.41) is 4.05. The molecule has 2 rings (SSSR count). The van der Waals surface area contributed by atoms with Gasteiger partial charge < -0.3 is 10.2 Å². The summed E-state index contributed by atoms with van der Waals surface area (Å²) in [6, 6.07) is 3.68. The van der Waals surface area contributed by atoms with Crippen LogP contribution in [0.15, 0.2) is 16.6 Å². The fourth-order valence-corrected chi connectivity index (χ4v) is 3.86. The van der Waals surface area contributed by atoms with Gasteiger partial charge in [-0.2, -0.15) is 0 Å². The van der Waals surface area contributed by atoms with Crippen LogP contribution in [0, 0.1) is 11.7 Å². The van der Waals surface area contributed by atoms with E-state index in [0.717, 1.165) is 29.7 Å². The van der Waals surface area contributed by atoms with Crippen LogP contribution >= 0.6 is 27.5 Å². The highest BCUT2D eigenvalue weighted by molar-refractivity contribution is 9.10. The summed E-state index contributed by atoms with van der Waals surface area (Å²) in [5.74, 6) is 0.183. The molecule has 1 saturated heterocycles. The molecule has 1 aromatic carbocycles. The number of benzene rings is 1. The van der Waals surface area contributed by atoms with Crippen LogP contribution in [0.25, 0.3) is 0 Å². The van der Waals surface area contributed by atoms with Crippen LogP contribution in [0.2, 0.25) is 5.02 Å². The lowest BCUT2D eigenvalue weighted by Crippen LogP contribution is -2.58. The van der Waals surface area contributed by atoms with Gasteiger partial charge in [-0.15, -0.1) is 0 Å². The number of hydrogen-bond donors (Lipinski definition) is 1. The number of anilines is 1. The summed E-state index contributed by atoms with van der Waals surface area (Å²) in [7, 11) is 0. The van der Waals surface area contributed by atoms with Crippen molar-refractivity contribution in [1.82, 2.24) is 5.32 Å². The Morgan fingerprint density at radius 2 is 2.20 bits per heavy atom. The quantitative estimate of drug-likeness (QED) is 0.853. The average Bonchev–Trinajstić information content (AvgIpc) is 2.37. The number of nitrogens with one attached hydrogen (secondary N) is 1. The first-order valence-corrected chi connectivity index (χ1v) is 8.25. The van der Waals surface area contributed by atoms with E-state index in [4.69, 9.17) is 11.6 Å². The summed E-state index contributed by atoms with van der Waals surface area (Å²) in [5.41, 5.74) is 0.909. The van der Waals surface area contributed by atoms with Gasteiger partial charge in [0.05, 0.1) is 10.7 Å². The molecule has 0 saturated carbocycles. The molecule has 1 fully saturated rings. The second-order valence-corrected chi connectivity index (χ2v) is 6.96. The van der Waals surface area contributed by atoms with Crippen molar-refractivity contribution < 1.29 is 4.39 Å². The number of nitrogens with zero attached hydrogens (tertiary/aromatic N) is 1. The molecule has 0 aliphatic carbocycles. The Labute approximate surface area is 133 Å². The number of piperazine rings is 1. The lowest BCUT2D eigenvalue weighted by molar-refractivity contribution is 0.333. The summed E-state index contributed by atoms with van der Waals surface area (Å²) in [6.07, 6.45) is 1.07. The number of hydrogen-bond acceptors (Lipinski definition) is 2. The highest BCUT2D eigenvalue weighted by Crippen LogP contribution is 2.38. The Kier molecular flexibility index (Phi) is 5.32. The molecular formula is C15H21BrClFN2. The zero-order valence-corrected chi connectivity index (χ0v) is 14.4. The first-order chi connectivity index (χ1) is 9.43. The second-order valence-electron chi connectivity index (χ2n) is 5.70. The van der Waals surface area contributed by atoms with Gasteiger partial charge in [0.2, 0.25) is 0 Å². The molecule has 5 heteroatoms. The van der Waals surface area contributed by atoms with E-state index in [0.29, 0.717) is 23.0 Å². The second kappa shape index (κ2) is 6.63. The van der Waals surface area contributed by atoms with Gasteiger partial charge in [-0.3, -0.25) is 0 Å². The van der Waals surface area contributed by atoms with Gasteiger partial charge in [0.1, 0.15) is 5.82 Å².